The minimum absolute atomic E-state index is 0.152. The number of thiazole rings is 1. The molecule has 0 unspecified atom stereocenters. The Hall–Kier alpha value is -3.94. The summed E-state index contributed by atoms with van der Waals surface area (Å²) in [4.78, 5) is 30.8. The maximum absolute atomic E-state index is 12.6. The number of anilines is 3. The molecule has 8 heteroatoms. The lowest BCUT2D eigenvalue weighted by atomic mass is 10.2. The van der Waals surface area contributed by atoms with E-state index in [9.17, 15) is 9.59 Å². The highest BCUT2D eigenvalue weighted by atomic mass is 35.5. The van der Waals surface area contributed by atoms with Crippen molar-refractivity contribution in [3.63, 3.8) is 0 Å². The Morgan fingerprint density at radius 3 is 2.44 bits per heavy atom. The van der Waals surface area contributed by atoms with Crippen LogP contribution in [0.2, 0.25) is 5.02 Å². The third-order valence-electron chi connectivity index (χ3n) is 4.61. The van der Waals surface area contributed by atoms with Crippen LogP contribution in [-0.2, 0) is 9.59 Å². The molecule has 1 N–H and O–H groups in total. The molecule has 4 rings (SSSR count). The standard InChI is InChI=1S/C26H20ClN3O3S/c1-18(31)30(21-8-4-2-5-9-21)26-28-20(17-34-26)13-15-25(32)29-23-16-19(27)12-14-24(23)33-22-10-6-3-7-11-22/h2-17H,1H3,(H,29,32)/b15-13+. The summed E-state index contributed by atoms with van der Waals surface area (Å²) in [6, 6.07) is 23.5. The lowest BCUT2D eigenvalue weighted by Gasteiger charge is -2.17. The van der Waals surface area contributed by atoms with Crippen LogP contribution < -0.4 is 15.0 Å². The Bertz CT molecular complexity index is 1320. The molecule has 0 aliphatic carbocycles. The minimum atomic E-state index is -0.374. The van der Waals surface area contributed by atoms with Crippen LogP contribution in [0.4, 0.5) is 16.5 Å². The number of ether oxygens (including phenoxy) is 1. The van der Waals surface area contributed by atoms with Gasteiger partial charge in [0.2, 0.25) is 11.8 Å². The van der Waals surface area contributed by atoms with Gasteiger partial charge in [-0.15, -0.1) is 11.3 Å². The molecule has 1 aromatic heterocycles. The number of carbonyl (C=O) groups excluding carboxylic acids is 2. The lowest BCUT2D eigenvalue weighted by molar-refractivity contribution is -0.116. The zero-order valence-corrected chi connectivity index (χ0v) is 19.7. The summed E-state index contributed by atoms with van der Waals surface area (Å²) in [5.41, 5.74) is 1.73. The Morgan fingerprint density at radius 1 is 1.03 bits per heavy atom. The maximum Gasteiger partial charge on any atom is 0.248 e. The van der Waals surface area contributed by atoms with Crippen molar-refractivity contribution in [2.24, 2.45) is 0 Å². The van der Waals surface area contributed by atoms with Gasteiger partial charge in [0.15, 0.2) is 10.9 Å². The van der Waals surface area contributed by atoms with Crippen LogP contribution in [0.3, 0.4) is 0 Å². The van der Waals surface area contributed by atoms with Crippen LogP contribution in [-0.4, -0.2) is 16.8 Å². The molecule has 1 heterocycles. The number of hydrogen-bond donors (Lipinski definition) is 1. The summed E-state index contributed by atoms with van der Waals surface area (Å²) in [5.74, 6) is 0.578. The Balaban J connectivity index is 1.48. The topological polar surface area (TPSA) is 71.5 Å². The van der Waals surface area contributed by atoms with E-state index in [0.29, 0.717) is 33.0 Å². The second kappa shape index (κ2) is 10.8. The zero-order valence-electron chi connectivity index (χ0n) is 18.1. The lowest BCUT2D eigenvalue weighted by Crippen LogP contribution is -2.22. The van der Waals surface area contributed by atoms with Gasteiger partial charge in [0, 0.05) is 23.4 Å². The third kappa shape index (κ3) is 5.89. The predicted octanol–water partition coefficient (Wildman–Crippen LogP) is 6.93. The van der Waals surface area contributed by atoms with Crippen molar-refractivity contribution < 1.29 is 14.3 Å². The molecule has 3 aromatic carbocycles. The summed E-state index contributed by atoms with van der Waals surface area (Å²) in [6.45, 7) is 1.48. The molecule has 0 bridgehead atoms. The van der Waals surface area contributed by atoms with Gasteiger partial charge in [0.1, 0.15) is 5.75 Å². The highest BCUT2D eigenvalue weighted by Gasteiger charge is 2.17. The molecule has 4 aromatic rings. The van der Waals surface area contributed by atoms with E-state index >= 15 is 0 Å². The first-order valence-corrected chi connectivity index (χ1v) is 11.6. The Labute approximate surface area is 206 Å². The number of nitrogens with one attached hydrogen (secondary N) is 1. The smallest absolute Gasteiger partial charge is 0.248 e. The summed E-state index contributed by atoms with van der Waals surface area (Å²) >= 11 is 7.43. The first-order valence-electron chi connectivity index (χ1n) is 10.3. The fraction of sp³-hybridized carbons (Fsp3) is 0.0385. The number of benzene rings is 3. The monoisotopic (exact) mass is 489 g/mol. The fourth-order valence-corrected chi connectivity index (χ4v) is 4.13. The number of carbonyl (C=O) groups is 2. The van der Waals surface area contributed by atoms with Gasteiger partial charge in [-0.05, 0) is 48.5 Å². The number of rotatable bonds is 7. The number of amides is 2. The van der Waals surface area contributed by atoms with Crippen molar-refractivity contribution in [1.82, 2.24) is 4.98 Å². The number of aromatic nitrogens is 1. The fourth-order valence-electron chi connectivity index (χ4n) is 3.10. The molecule has 2 amide bonds. The van der Waals surface area contributed by atoms with E-state index in [1.807, 2.05) is 60.7 Å². The maximum atomic E-state index is 12.6. The van der Waals surface area contributed by atoms with E-state index in [1.54, 1.807) is 29.7 Å². The van der Waals surface area contributed by atoms with Crippen molar-refractivity contribution in [2.45, 2.75) is 6.92 Å². The molecule has 0 fully saturated rings. The van der Waals surface area contributed by atoms with Gasteiger partial charge < -0.3 is 10.1 Å². The predicted molar refractivity (Wildman–Crippen MR) is 137 cm³/mol. The summed E-state index contributed by atoms with van der Waals surface area (Å²) in [7, 11) is 0. The van der Waals surface area contributed by atoms with E-state index < -0.39 is 0 Å². The van der Waals surface area contributed by atoms with E-state index in [2.05, 4.69) is 10.3 Å². The quantitative estimate of drug-likeness (QED) is 0.286. The second-order valence-corrected chi connectivity index (χ2v) is 8.40. The van der Waals surface area contributed by atoms with Gasteiger partial charge >= 0.3 is 0 Å². The van der Waals surface area contributed by atoms with Crippen LogP contribution >= 0.6 is 22.9 Å². The average Bonchev–Trinajstić information content (AvgIpc) is 3.29. The van der Waals surface area contributed by atoms with E-state index in [-0.39, 0.29) is 11.8 Å². The van der Waals surface area contributed by atoms with Crippen molar-refractivity contribution in [1.29, 1.82) is 0 Å². The molecular weight excluding hydrogens is 470 g/mol. The molecular formula is C26H20ClN3O3S. The zero-order chi connectivity index (χ0) is 23.9. The van der Waals surface area contributed by atoms with Gasteiger partial charge in [-0.3, -0.25) is 14.5 Å². The summed E-state index contributed by atoms with van der Waals surface area (Å²) in [5, 5.41) is 5.56. The minimum Gasteiger partial charge on any atom is -0.455 e. The van der Waals surface area contributed by atoms with Crippen molar-refractivity contribution in [2.75, 3.05) is 10.2 Å². The van der Waals surface area contributed by atoms with Gasteiger partial charge in [0.25, 0.3) is 0 Å². The third-order valence-corrected chi connectivity index (χ3v) is 5.69. The first-order chi connectivity index (χ1) is 16.5. The molecule has 0 aliphatic heterocycles. The largest absolute Gasteiger partial charge is 0.455 e. The molecule has 34 heavy (non-hydrogen) atoms. The molecule has 170 valence electrons. The number of hydrogen-bond acceptors (Lipinski definition) is 5. The van der Waals surface area contributed by atoms with Gasteiger partial charge in [-0.1, -0.05) is 48.0 Å². The van der Waals surface area contributed by atoms with Crippen LogP contribution in [0.1, 0.15) is 12.6 Å². The number of halogens is 1. The van der Waals surface area contributed by atoms with Gasteiger partial charge in [0.05, 0.1) is 17.1 Å². The number of para-hydroxylation sites is 2. The van der Waals surface area contributed by atoms with E-state index in [0.717, 1.165) is 5.69 Å². The number of nitrogens with zero attached hydrogens (tertiary/aromatic N) is 2. The van der Waals surface area contributed by atoms with E-state index in [1.165, 1.54) is 29.2 Å². The van der Waals surface area contributed by atoms with E-state index in [4.69, 9.17) is 16.3 Å². The van der Waals surface area contributed by atoms with Crippen molar-refractivity contribution >= 4 is 57.3 Å². The van der Waals surface area contributed by atoms with Crippen LogP contribution in [0.15, 0.2) is 90.3 Å². The Morgan fingerprint density at radius 2 is 1.74 bits per heavy atom. The van der Waals surface area contributed by atoms with Crippen LogP contribution in [0, 0.1) is 0 Å². The first kappa shape index (κ1) is 23.2. The van der Waals surface area contributed by atoms with Crippen LogP contribution in [0.5, 0.6) is 11.5 Å². The molecule has 0 saturated carbocycles. The van der Waals surface area contributed by atoms with Crippen molar-refractivity contribution in [3.8, 4) is 11.5 Å². The van der Waals surface area contributed by atoms with Gasteiger partial charge in [-0.25, -0.2) is 4.98 Å². The molecule has 0 radical (unpaired) electrons. The molecule has 0 atom stereocenters. The van der Waals surface area contributed by atoms with Gasteiger partial charge in [-0.2, -0.15) is 0 Å². The highest BCUT2D eigenvalue weighted by molar-refractivity contribution is 7.14. The molecule has 0 spiro atoms. The molecule has 0 saturated heterocycles. The SMILES string of the molecule is CC(=O)N(c1ccccc1)c1nc(/C=C/C(=O)Nc2cc(Cl)ccc2Oc2ccccc2)cs1. The average molecular weight is 490 g/mol. The molecule has 0 aliphatic rings. The molecule has 6 nitrogen and oxygen atoms in total. The van der Waals surface area contributed by atoms with Crippen molar-refractivity contribution in [3.05, 3.63) is 101 Å². The normalized spacial score (nSPS) is 10.8. The summed E-state index contributed by atoms with van der Waals surface area (Å²) in [6.07, 6.45) is 2.95. The highest BCUT2D eigenvalue weighted by Crippen LogP contribution is 2.32. The Kier molecular flexibility index (Phi) is 7.37. The second-order valence-electron chi connectivity index (χ2n) is 7.12. The summed E-state index contributed by atoms with van der Waals surface area (Å²) < 4.78 is 5.88. The van der Waals surface area contributed by atoms with Crippen LogP contribution in [0.25, 0.3) is 6.08 Å².